The zero-order valence-corrected chi connectivity index (χ0v) is 29.9. The second-order valence-corrected chi connectivity index (χ2v) is 25.3. The number of pyridine rings is 2. The minimum absolute atomic E-state index is 0.0379. The number of rotatable bonds is 13. The van der Waals surface area contributed by atoms with E-state index in [0.717, 1.165) is 24.4 Å². The van der Waals surface area contributed by atoms with Crippen molar-refractivity contribution in [2.45, 2.75) is 71.0 Å². The topological polar surface area (TPSA) is 84.1 Å². The highest BCUT2D eigenvalue weighted by Gasteiger charge is 2.37. The van der Waals surface area contributed by atoms with E-state index in [9.17, 15) is 18.0 Å². The van der Waals surface area contributed by atoms with Crippen LogP contribution in [0.15, 0.2) is 41.4 Å². The van der Waals surface area contributed by atoms with Crippen molar-refractivity contribution >= 4 is 60.5 Å². The van der Waals surface area contributed by atoms with E-state index < -0.39 is 39.4 Å². The van der Waals surface area contributed by atoms with Gasteiger partial charge in [0.15, 0.2) is 17.3 Å². The predicted octanol–water partition coefficient (Wildman–Crippen LogP) is 8.59. The Morgan fingerprint density at radius 2 is 1.66 bits per heavy atom. The number of fused-ring (bicyclic) bond motifs is 1. The van der Waals surface area contributed by atoms with E-state index in [1.165, 1.54) is 18.3 Å². The molecule has 0 saturated carbocycles. The van der Waals surface area contributed by atoms with Gasteiger partial charge >= 0.3 is 6.18 Å². The molecule has 0 N–H and O–H groups in total. The van der Waals surface area contributed by atoms with Crippen LogP contribution in [0.25, 0.3) is 22.6 Å². The monoisotopic (exact) mass is 729 g/mol. The molecule has 0 amide bonds. The van der Waals surface area contributed by atoms with Gasteiger partial charge in [-0.2, -0.15) is 13.2 Å². The number of carbonyl (C=O) groups is 1. The Kier molecular flexibility index (Phi) is 10.6. The molecule has 0 bridgehead atoms. The van der Waals surface area contributed by atoms with Gasteiger partial charge < -0.3 is 14.0 Å². The highest BCUT2D eigenvalue weighted by atomic mass is 79.9. The van der Waals surface area contributed by atoms with Gasteiger partial charge in [0.2, 0.25) is 0 Å². The summed E-state index contributed by atoms with van der Waals surface area (Å²) in [6.45, 7) is 14.7. The van der Waals surface area contributed by atoms with Crippen molar-refractivity contribution in [1.29, 1.82) is 0 Å². The SMILES string of the molecule is C[Si](C)(C)CCOCn1cc(C(=O)c2cccnc2C(F)(F)F)cc1-c1nc2cnc(Br)c(Cl)c2n1COCC[Si](C)(C)C. The number of aromatic nitrogens is 5. The van der Waals surface area contributed by atoms with Crippen molar-refractivity contribution in [1.82, 2.24) is 24.1 Å². The standard InChI is InChI=1S/C29H36BrClF3N5O3Si2/c1-43(2,3)12-10-41-17-38-16-19(25(40)20-8-7-9-35-26(20)29(32,33)34)14-22(38)28-37-21-15-36-27(30)23(31)24(21)39(28)18-42-11-13-44(4,5)6/h7-9,14-16H,10-13,17-18H2,1-6H3. The minimum atomic E-state index is -4.80. The van der Waals surface area contributed by atoms with Crippen LogP contribution < -0.4 is 0 Å². The third kappa shape index (κ3) is 8.46. The zero-order valence-electron chi connectivity index (χ0n) is 25.6. The Bertz CT molecular complexity index is 1650. The van der Waals surface area contributed by atoms with Gasteiger partial charge in [-0.15, -0.1) is 0 Å². The van der Waals surface area contributed by atoms with Crippen molar-refractivity contribution in [2.75, 3.05) is 13.2 Å². The largest absolute Gasteiger partial charge is 0.434 e. The molecule has 8 nitrogen and oxygen atoms in total. The molecule has 15 heteroatoms. The maximum absolute atomic E-state index is 13.8. The minimum Gasteiger partial charge on any atom is -0.361 e. The number of ketones is 1. The van der Waals surface area contributed by atoms with Gasteiger partial charge in [0.25, 0.3) is 0 Å². The third-order valence-corrected chi connectivity index (χ3v) is 11.4. The van der Waals surface area contributed by atoms with Crippen LogP contribution in [-0.2, 0) is 29.1 Å². The van der Waals surface area contributed by atoms with Crippen LogP contribution in [0.3, 0.4) is 0 Å². The molecule has 238 valence electrons. The summed E-state index contributed by atoms with van der Waals surface area (Å²) in [6.07, 6.45) is -0.716. The molecule has 4 aromatic heterocycles. The van der Waals surface area contributed by atoms with Gasteiger partial charge in [0, 0.05) is 47.3 Å². The first-order valence-electron chi connectivity index (χ1n) is 14.1. The zero-order chi connectivity index (χ0) is 32.4. The number of nitrogens with zero attached hydrogens (tertiary/aromatic N) is 5. The summed E-state index contributed by atoms with van der Waals surface area (Å²) in [5.74, 6) is -0.408. The molecule has 0 unspecified atom stereocenters. The first-order valence-corrected chi connectivity index (χ1v) is 22.7. The molecule has 0 aliphatic carbocycles. The lowest BCUT2D eigenvalue weighted by atomic mass is 10.0. The van der Waals surface area contributed by atoms with E-state index in [1.54, 1.807) is 15.3 Å². The maximum atomic E-state index is 13.8. The molecule has 44 heavy (non-hydrogen) atoms. The van der Waals surface area contributed by atoms with E-state index in [0.29, 0.717) is 45.4 Å². The third-order valence-electron chi connectivity index (χ3n) is 6.84. The number of halogens is 5. The second-order valence-electron chi connectivity index (χ2n) is 13.0. The van der Waals surface area contributed by atoms with Gasteiger partial charge in [-0.25, -0.2) is 9.97 Å². The average molecular weight is 731 g/mol. The summed E-state index contributed by atoms with van der Waals surface area (Å²) in [5, 5.41) is 0.334. The molecule has 0 aliphatic heterocycles. The summed E-state index contributed by atoms with van der Waals surface area (Å²) in [5.41, 5.74) is -0.219. The van der Waals surface area contributed by atoms with Crippen LogP contribution in [0.2, 0.25) is 56.4 Å². The van der Waals surface area contributed by atoms with Crippen molar-refractivity contribution in [3.05, 3.63) is 63.2 Å². The van der Waals surface area contributed by atoms with E-state index in [2.05, 4.69) is 65.2 Å². The van der Waals surface area contributed by atoms with Gasteiger partial charge in [-0.3, -0.25) is 14.3 Å². The molecule has 4 rings (SSSR count). The number of hydrogen-bond donors (Lipinski definition) is 0. The van der Waals surface area contributed by atoms with Crippen LogP contribution in [0.1, 0.15) is 21.6 Å². The summed E-state index contributed by atoms with van der Waals surface area (Å²) < 4.78 is 57.3. The molecular weight excluding hydrogens is 695 g/mol. The summed E-state index contributed by atoms with van der Waals surface area (Å²) in [7, 11) is -2.75. The van der Waals surface area contributed by atoms with Gasteiger partial charge in [0.1, 0.15) is 23.6 Å². The molecule has 4 heterocycles. The molecule has 0 aliphatic rings. The van der Waals surface area contributed by atoms with Crippen LogP contribution in [0.5, 0.6) is 0 Å². The number of alkyl halides is 3. The number of carbonyl (C=O) groups excluding carboxylic acids is 1. The first kappa shape index (κ1) is 34.5. The lowest BCUT2D eigenvalue weighted by molar-refractivity contribution is -0.141. The van der Waals surface area contributed by atoms with Crippen molar-refractivity contribution < 1.29 is 27.4 Å². The normalized spacial score (nSPS) is 12.8. The predicted molar refractivity (Wildman–Crippen MR) is 175 cm³/mol. The Balaban J connectivity index is 1.82. The van der Waals surface area contributed by atoms with Crippen molar-refractivity contribution in [3.63, 3.8) is 0 Å². The Morgan fingerprint density at radius 1 is 1.02 bits per heavy atom. The number of hydrogen-bond acceptors (Lipinski definition) is 6. The number of ether oxygens (including phenoxy) is 2. The van der Waals surface area contributed by atoms with E-state index >= 15 is 0 Å². The summed E-state index contributed by atoms with van der Waals surface area (Å²) in [4.78, 5) is 26.1. The molecular formula is C29H36BrClF3N5O3Si2. The fourth-order valence-corrected chi connectivity index (χ4v) is 6.41. The van der Waals surface area contributed by atoms with Gasteiger partial charge in [-0.1, -0.05) is 50.9 Å². The highest BCUT2D eigenvalue weighted by molar-refractivity contribution is 9.10. The molecule has 0 spiro atoms. The van der Waals surface area contributed by atoms with Crippen molar-refractivity contribution in [2.24, 2.45) is 0 Å². The fourth-order valence-electron chi connectivity index (χ4n) is 4.36. The fraction of sp³-hybridized carbons (Fsp3) is 0.448. The Labute approximate surface area is 270 Å². The Hall–Kier alpha value is -2.37. The van der Waals surface area contributed by atoms with Crippen LogP contribution >= 0.6 is 27.5 Å². The van der Waals surface area contributed by atoms with Gasteiger partial charge in [0.05, 0.1) is 28.0 Å². The smallest absolute Gasteiger partial charge is 0.361 e. The molecule has 0 fully saturated rings. The van der Waals surface area contributed by atoms with Crippen LogP contribution in [0.4, 0.5) is 13.2 Å². The van der Waals surface area contributed by atoms with E-state index in [4.69, 9.17) is 26.1 Å². The van der Waals surface area contributed by atoms with E-state index in [1.807, 2.05) is 0 Å². The van der Waals surface area contributed by atoms with Crippen molar-refractivity contribution in [3.8, 4) is 11.5 Å². The summed E-state index contributed by atoms with van der Waals surface area (Å²) >= 11 is 10.1. The molecule has 0 atom stereocenters. The maximum Gasteiger partial charge on any atom is 0.434 e. The van der Waals surface area contributed by atoms with E-state index in [-0.39, 0.29) is 19.0 Å². The molecule has 0 saturated heterocycles. The number of imidazole rings is 1. The van der Waals surface area contributed by atoms with Gasteiger partial charge in [-0.05, 0) is 46.2 Å². The molecule has 0 aromatic carbocycles. The molecule has 4 aromatic rings. The lowest BCUT2D eigenvalue weighted by Crippen LogP contribution is -2.22. The van der Waals surface area contributed by atoms with Crippen LogP contribution in [-0.4, -0.2) is 59.2 Å². The average Bonchev–Trinajstić information content (AvgIpc) is 3.51. The highest BCUT2D eigenvalue weighted by Crippen LogP contribution is 2.35. The summed E-state index contributed by atoms with van der Waals surface area (Å²) in [6, 6.07) is 5.82. The lowest BCUT2D eigenvalue weighted by Gasteiger charge is -2.18. The quantitative estimate of drug-likeness (QED) is 0.0593. The Morgan fingerprint density at radius 3 is 2.27 bits per heavy atom. The molecule has 0 radical (unpaired) electrons. The first-order chi connectivity index (χ1) is 20.5. The van der Waals surface area contributed by atoms with Crippen LogP contribution in [0, 0.1) is 0 Å². The second kappa shape index (κ2) is 13.6.